The van der Waals surface area contributed by atoms with E-state index in [1.165, 1.54) is 0 Å². The summed E-state index contributed by atoms with van der Waals surface area (Å²) >= 11 is 0. The van der Waals surface area contributed by atoms with Gasteiger partial charge >= 0.3 is 0 Å². The Balaban J connectivity index is 2.29. The van der Waals surface area contributed by atoms with E-state index in [0.29, 0.717) is 16.6 Å². The number of methoxy groups -OCH3 is 1. The average Bonchev–Trinajstić information content (AvgIpc) is 2.46. The zero-order chi connectivity index (χ0) is 13.8. The van der Waals surface area contributed by atoms with Crippen LogP contribution in [0.3, 0.4) is 0 Å². The summed E-state index contributed by atoms with van der Waals surface area (Å²) in [6, 6.07) is 9.72. The summed E-state index contributed by atoms with van der Waals surface area (Å²) in [5.41, 5.74) is 0. The summed E-state index contributed by atoms with van der Waals surface area (Å²) in [4.78, 5) is 0.712. The Bertz CT molecular complexity index is 509. The maximum Gasteiger partial charge on any atom is 0.134 e. The Morgan fingerprint density at radius 3 is 2.79 bits per heavy atom. The van der Waals surface area contributed by atoms with Gasteiger partial charge in [0.1, 0.15) is 5.75 Å². The lowest BCUT2D eigenvalue weighted by atomic mass is 9.83. The number of benzene rings is 1. The van der Waals surface area contributed by atoms with E-state index in [1.807, 2.05) is 24.3 Å². The summed E-state index contributed by atoms with van der Waals surface area (Å²) in [6.45, 7) is 2.17. The number of hydrogen-bond acceptors (Lipinski definition) is 3. The van der Waals surface area contributed by atoms with Gasteiger partial charge in [0.25, 0.3) is 0 Å². The number of hydrogen-bond donors (Lipinski definition) is 0. The maximum absolute atomic E-state index is 12.8. The molecule has 1 aliphatic rings. The molecule has 1 aromatic rings. The molecule has 102 valence electrons. The molecule has 1 aliphatic carbocycles. The van der Waals surface area contributed by atoms with Gasteiger partial charge in [0.2, 0.25) is 0 Å². The van der Waals surface area contributed by atoms with Gasteiger partial charge in [-0.1, -0.05) is 19.1 Å². The van der Waals surface area contributed by atoms with Crippen LogP contribution in [0.15, 0.2) is 29.2 Å². The van der Waals surface area contributed by atoms with Gasteiger partial charge in [-0.25, -0.2) is 0 Å². The fourth-order valence-corrected chi connectivity index (χ4v) is 4.55. The van der Waals surface area contributed by atoms with Gasteiger partial charge in [0.15, 0.2) is 0 Å². The fourth-order valence-electron chi connectivity index (χ4n) is 2.66. The second kappa shape index (κ2) is 6.21. The van der Waals surface area contributed by atoms with Crippen LogP contribution in [0.25, 0.3) is 0 Å². The lowest BCUT2D eigenvalue weighted by Gasteiger charge is -2.30. The molecule has 4 heteroatoms. The Morgan fingerprint density at radius 1 is 1.37 bits per heavy atom. The minimum atomic E-state index is -1.18. The minimum absolute atomic E-state index is 0.0787. The summed E-state index contributed by atoms with van der Waals surface area (Å²) in [5.74, 6) is 1.07. The Kier molecular flexibility index (Phi) is 4.60. The molecule has 19 heavy (non-hydrogen) atoms. The number of para-hydroxylation sites is 1. The molecule has 2 rings (SSSR count). The minimum Gasteiger partial charge on any atom is -0.495 e. The van der Waals surface area contributed by atoms with Gasteiger partial charge in [-0.05, 0) is 37.3 Å². The predicted octanol–water partition coefficient (Wildman–Crippen LogP) is 3.13. The number of ether oxygens (including phenoxy) is 1. The molecular weight excluding hydrogens is 258 g/mol. The quantitative estimate of drug-likeness (QED) is 0.853. The van der Waals surface area contributed by atoms with Gasteiger partial charge in [-0.2, -0.15) is 5.26 Å². The summed E-state index contributed by atoms with van der Waals surface area (Å²) in [5, 5.41) is 9.18. The van der Waals surface area contributed by atoms with Crippen LogP contribution in [-0.2, 0) is 10.8 Å². The van der Waals surface area contributed by atoms with Crippen molar-refractivity contribution in [1.29, 1.82) is 5.26 Å². The highest BCUT2D eigenvalue weighted by Crippen LogP contribution is 2.35. The van der Waals surface area contributed by atoms with Crippen molar-refractivity contribution in [2.45, 2.75) is 36.3 Å². The zero-order valence-electron chi connectivity index (χ0n) is 11.3. The first-order chi connectivity index (χ1) is 9.17. The van der Waals surface area contributed by atoms with Crippen molar-refractivity contribution >= 4 is 10.8 Å². The zero-order valence-corrected chi connectivity index (χ0v) is 12.2. The third kappa shape index (κ3) is 2.98. The van der Waals surface area contributed by atoms with Crippen LogP contribution in [0, 0.1) is 23.2 Å². The molecule has 1 saturated carbocycles. The normalized spacial score (nSPS) is 28.4. The molecule has 0 aliphatic heterocycles. The first-order valence-corrected chi connectivity index (χ1v) is 7.82. The number of nitrogens with zero attached hydrogens (tertiary/aromatic N) is 1. The third-order valence-electron chi connectivity index (χ3n) is 3.78. The van der Waals surface area contributed by atoms with E-state index in [2.05, 4.69) is 13.0 Å². The molecule has 0 N–H and O–H groups in total. The van der Waals surface area contributed by atoms with Crippen LogP contribution >= 0.6 is 0 Å². The molecule has 0 saturated heterocycles. The van der Waals surface area contributed by atoms with Crippen LogP contribution in [0.1, 0.15) is 26.2 Å². The topological polar surface area (TPSA) is 50.1 Å². The summed E-state index contributed by atoms with van der Waals surface area (Å²) < 4.78 is 18.1. The van der Waals surface area contributed by atoms with Crippen LogP contribution in [0.4, 0.5) is 0 Å². The molecule has 4 atom stereocenters. The van der Waals surface area contributed by atoms with Gasteiger partial charge < -0.3 is 4.74 Å². The van der Waals surface area contributed by atoms with Gasteiger partial charge in [-0.15, -0.1) is 0 Å². The third-order valence-corrected chi connectivity index (χ3v) is 5.62. The van der Waals surface area contributed by atoms with Crippen molar-refractivity contribution in [3.05, 3.63) is 24.3 Å². The first kappa shape index (κ1) is 14.1. The smallest absolute Gasteiger partial charge is 0.134 e. The van der Waals surface area contributed by atoms with E-state index in [4.69, 9.17) is 4.74 Å². The number of rotatable bonds is 3. The molecule has 0 spiro atoms. The van der Waals surface area contributed by atoms with Crippen molar-refractivity contribution < 1.29 is 8.95 Å². The Hall–Kier alpha value is -1.34. The second-order valence-electron chi connectivity index (χ2n) is 5.14. The molecule has 4 unspecified atom stereocenters. The highest BCUT2D eigenvalue weighted by atomic mass is 32.2. The first-order valence-electron chi connectivity index (χ1n) is 6.60. The van der Waals surface area contributed by atoms with E-state index in [0.717, 1.165) is 19.3 Å². The highest BCUT2D eigenvalue weighted by Gasteiger charge is 2.34. The van der Waals surface area contributed by atoms with Crippen LogP contribution in [0.2, 0.25) is 0 Å². The molecule has 0 bridgehead atoms. The Labute approximate surface area is 117 Å². The fraction of sp³-hybridized carbons (Fsp3) is 0.533. The van der Waals surface area contributed by atoms with Crippen molar-refractivity contribution in [2.75, 3.05) is 7.11 Å². The molecule has 0 aromatic heterocycles. The molecule has 0 amide bonds. The lowest BCUT2D eigenvalue weighted by molar-refractivity contribution is 0.340. The van der Waals surface area contributed by atoms with Crippen molar-refractivity contribution in [2.24, 2.45) is 11.8 Å². The monoisotopic (exact) mass is 277 g/mol. The van der Waals surface area contributed by atoms with E-state index in [-0.39, 0.29) is 11.2 Å². The standard InChI is InChI=1S/C15H19NO2S/c1-11-7-8-12(10-16)15(9-11)19(17)14-6-4-3-5-13(14)18-2/h3-6,11-12,15H,7-9H2,1-2H3. The predicted molar refractivity (Wildman–Crippen MR) is 75.3 cm³/mol. The van der Waals surface area contributed by atoms with Gasteiger partial charge in [-0.3, -0.25) is 4.21 Å². The lowest BCUT2D eigenvalue weighted by Crippen LogP contribution is -2.31. The molecular formula is C15H19NO2S. The number of nitriles is 1. The summed E-state index contributed by atoms with van der Waals surface area (Å²) in [7, 11) is 0.405. The van der Waals surface area contributed by atoms with Crippen molar-refractivity contribution in [3.63, 3.8) is 0 Å². The van der Waals surface area contributed by atoms with Gasteiger partial charge in [0, 0.05) is 0 Å². The van der Waals surface area contributed by atoms with E-state index in [1.54, 1.807) is 7.11 Å². The van der Waals surface area contributed by atoms with Crippen LogP contribution in [-0.4, -0.2) is 16.6 Å². The van der Waals surface area contributed by atoms with Crippen LogP contribution in [0.5, 0.6) is 5.75 Å². The maximum atomic E-state index is 12.8. The van der Waals surface area contributed by atoms with Crippen molar-refractivity contribution in [1.82, 2.24) is 0 Å². The summed E-state index contributed by atoms with van der Waals surface area (Å²) in [6.07, 6.45) is 2.75. The van der Waals surface area contributed by atoms with Crippen molar-refractivity contribution in [3.8, 4) is 11.8 Å². The second-order valence-corrected chi connectivity index (χ2v) is 6.78. The Morgan fingerprint density at radius 2 is 2.11 bits per heavy atom. The van der Waals surface area contributed by atoms with E-state index in [9.17, 15) is 9.47 Å². The largest absolute Gasteiger partial charge is 0.495 e. The molecule has 1 fully saturated rings. The molecule has 0 heterocycles. The highest BCUT2D eigenvalue weighted by molar-refractivity contribution is 7.85. The molecule has 0 radical (unpaired) electrons. The van der Waals surface area contributed by atoms with E-state index >= 15 is 0 Å². The van der Waals surface area contributed by atoms with E-state index < -0.39 is 10.8 Å². The average molecular weight is 277 g/mol. The van der Waals surface area contributed by atoms with Crippen LogP contribution < -0.4 is 4.74 Å². The SMILES string of the molecule is COc1ccccc1S(=O)C1CC(C)CCC1C#N. The molecule has 1 aromatic carbocycles. The molecule has 3 nitrogen and oxygen atoms in total. The van der Waals surface area contributed by atoms with Gasteiger partial charge in [0.05, 0.1) is 40.0 Å².